The van der Waals surface area contributed by atoms with Gasteiger partial charge in [0.15, 0.2) is 0 Å². The number of methoxy groups -OCH3 is 1. The quantitative estimate of drug-likeness (QED) is 0.414. The van der Waals surface area contributed by atoms with Crippen LogP contribution in [0, 0.1) is 0 Å². The van der Waals surface area contributed by atoms with Gasteiger partial charge in [-0.25, -0.2) is 0 Å². The summed E-state index contributed by atoms with van der Waals surface area (Å²) in [6, 6.07) is 10.4. The van der Waals surface area contributed by atoms with Crippen LogP contribution in [0.2, 0.25) is 0 Å². The molecule has 0 bridgehead atoms. The maximum Gasteiger partial charge on any atom is 0.243 e. The number of aryl methyl sites for hydroxylation is 1. The summed E-state index contributed by atoms with van der Waals surface area (Å²) in [5.74, 6) is 0.819. The van der Waals surface area contributed by atoms with E-state index < -0.39 is 0 Å². The molecule has 1 aliphatic rings. The Morgan fingerprint density at radius 2 is 2.13 bits per heavy atom. The fourth-order valence-corrected chi connectivity index (χ4v) is 3.75. The highest BCUT2D eigenvalue weighted by molar-refractivity contribution is 5.94. The minimum atomic E-state index is -0.0428. The highest BCUT2D eigenvalue weighted by Crippen LogP contribution is 2.28. The van der Waals surface area contributed by atoms with Gasteiger partial charge < -0.3 is 15.0 Å². The van der Waals surface area contributed by atoms with Crippen LogP contribution in [0.1, 0.15) is 43.7 Å². The lowest BCUT2D eigenvalue weighted by Crippen LogP contribution is -2.24. The molecule has 0 aliphatic carbocycles. The first-order valence-corrected chi connectivity index (χ1v) is 11.2. The van der Waals surface area contributed by atoms with Crippen LogP contribution in [0.25, 0.3) is 16.8 Å². The number of aliphatic imine (C=N–C) groups is 1. The molecule has 0 atom stereocenters. The van der Waals surface area contributed by atoms with Gasteiger partial charge in [-0.3, -0.25) is 9.79 Å². The van der Waals surface area contributed by atoms with Crippen molar-refractivity contribution in [1.82, 2.24) is 10.2 Å². The zero-order valence-electron chi connectivity index (χ0n) is 18.6. The molecular formula is C26H33N3O2. The number of hydrogen-bond acceptors (Lipinski definition) is 4. The number of fused-ring (bicyclic) bond motifs is 1. The number of rotatable bonds is 11. The number of amides is 1. The van der Waals surface area contributed by atoms with Crippen LogP contribution in [0.5, 0.6) is 5.75 Å². The van der Waals surface area contributed by atoms with E-state index >= 15 is 0 Å². The van der Waals surface area contributed by atoms with Crippen LogP contribution >= 0.6 is 0 Å². The predicted octanol–water partition coefficient (Wildman–Crippen LogP) is 4.96. The van der Waals surface area contributed by atoms with Crippen molar-refractivity contribution in [1.29, 1.82) is 0 Å². The highest BCUT2D eigenvalue weighted by Gasteiger charge is 2.08. The molecule has 0 saturated heterocycles. The normalized spacial score (nSPS) is 13.3. The Hall–Kier alpha value is -3.08. The average Bonchev–Trinajstić information content (AvgIpc) is 2.81. The fourth-order valence-electron chi connectivity index (χ4n) is 3.75. The van der Waals surface area contributed by atoms with Gasteiger partial charge in [0.05, 0.1) is 7.11 Å². The van der Waals surface area contributed by atoms with E-state index in [1.165, 1.54) is 16.3 Å². The van der Waals surface area contributed by atoms with Crippen molar-refractivity contribution in [2.24, 2.45) is 4.99 Å². The first-order valence-electron chi connectivity index (χ1n) is 11.2. The minimum Gasteiger partial charge on any atom is -0.497 e. The Labute approximate surface area is 185 Å². The van der Waals surface area contributed by atoms with Gasteiger partial charge in [0, 0.05) is 31.6 Å². The van der Waals surface area contributed by atoms with Crippen molar-refractivity contribution in [3.05, 3.63) is 59.8 Å². The summed E-state index contributed by atoms with van der Waals surface area (Å²) in [4.78, 5) is 18.7. The molecule has 1 heterocycles. The Balaban J connectivity index is 1.56. The second-order valence-electron chi connectivity index (χ2n) is 7.78. The molecule has 0 saturated carbocycles. The second-order valence-corrected chi connectivity index (χ2v) is 7.78. The number of benzene rings is 2. The van der Waals surface area contributed by atoms with E-state index in [2.05, 4.69) is 52.6 Å². The van der Waals surface area contributed by atoms with Crippen LogP contribution < -0.4 is 10.1 Å². The van der Waals surface area contributed by atoms with E-state index in [0.29, 0.717) is 6.54 Å². The number of allylic oxidation sites excluding steroid dienone is 1. The number of nitrogens with one attached hydrogen (secondary N) is 1. The zero-order chi connectivity index (χ0) is 21.9. The van der Waals surface area contributed by atoms with Crippen molar-refractivity contribution in [3.63, 3.8) is 0 Å². The number of nitrogens with zero attached hydrogens (tertiary/aromatic N) is 2. The molecule has 2 aromatic rings. The van der Waals surface area contributed by atoms with Crippen molar-refractivity contribution >= 4 is 29.0 Å². The number of unbranched alkanes of at least 4 members (excludes halogenated alkanes) is 2. The lowest BCUT2D eigenvalue weighted by molar-refractivity contribution is -0.116. The highest BCUT2D eigenvalue weighted by atomic mass is 16.5. The third kappa shape index (κ3) is 6.71. The molecule has 1 N–H and O–H groups in total. The third-order valence-electron chi connectivity index (χ3n) is 5.49. The standard InChI is InChI=1S/C26H33N3O2/c1-3-4-8-24-21(9-10-22-19-23(31-2)12-13-25(22)24)11-14-26(30)28-16-5-6-17-29-18-7-15-27-20-29/h7,9-15,18-19H,3-6,8,16-17,20H2,1-2H3,(H,28,30). The maximum absolute atomic E-state index is 12.3. The number of hydrogen-bond donors (Lipinski definition) is 1. The molecule has 5 heteroatoms. The van der Waals surface area contributed by atoms with E-state index in [1.807, 2.05) is 24.4 Å². The molecule has 1 aliphatic heterocycles. The van der Waals surface area contributed by atoms with Crippen LogP contribution in [-0.4, -0.2) is 43.9 Å². The van der Waals surface area contributed by atoms with Crippen LogP contribution in [-0.2, 0) is 11.2 Å². The minimum absolute atomic E-state index is 0.0428. The van der Waals surface area contributed by atoms with Crippen molar-refractivity contribution in [2.45, 2.75) is 39.0 Å². The van der Waals surface area contributed by atoms with Crippen molar-refractivity contribution < 1.29 is 9.53 Å². The lowest BCUT2D eigenvalue weighted by atomic mass is 9.94. The average molecular weight is 420 g/mol. The van der Waals surface area contributed by atoms with Gasteiger partial charge in [0.25, 0.3) is 0 Å². The van der Waals surface area contributed by atoms with E-state index in [9.17, 15) is 4.79 Å². The molecule has 2 aromatic carbocycles. The van der Waals surface area contributed by atoms with Gasteiger partial charge in [0.1, 0.15) is 12.4 Å². The maximum atomic E-state index is 12.3. The summed E-state index contributed by atoms with van der Waals surface area (Å²) < 4.78 is 5.36. The van der Waals surface area contributed by atoms with E-state index in [4.69, 9.17) is 4.74 Å². The summed E-state index contributed by atoms with van der Waals surface area (Å²) >= 11 is 0. The molecule has 0 aromatic heterocycles. The molecule has 0 radical (unpaired) electrons. The molecule has 0 unspecified atom stereocenters. The summed E-state index contributed by atoms with van der Waals surface area (Å²) in [7, 11) is 1.69. The van der Waals surface area contributed by atoms with E-state index in [0.717, 1.165) is 56.6 Å². The number of ether oxygens (including phenoxy) is 1. The Bertz CT molecular complexity index is 963. The molecule has 0 spiro atoms. The largest absolute Gasteiger partial charge is 0.497 e. The predicted molar refractivity (Wildman–Crippen MR) is 130 cm³/mol. The molecule has 0 fully saturated rings. The first-order chi connectivity index (χ1) is 15.2. The number of carbonyl (C=O) groups excluding carboxylic acids is 1. The topological polar surface area (TPSA) is 53.9 Å². The first kappa shape index (κ1) is 22.6. The zero-order valence-corrected chi connectivity index (χ0v) is 18.6. The molecule has 1 amide bonds. The van der Waals surface area contributed by atoms with Crippen molar-refractivity contribution in [2.75, 3.05) is 26.9 Å². The molecular weight excluding hydrogens is 386 g/mol. The number of carbonyl (C=O) groups is 1. The monoisotopic (exact) mass is 419 g/mol. The molecule has 164 valence electrons. The summed E-state index contributed by atoms with van der Waals surface area (Å²) in [5.41, 5.74) is 2.40. The Morgan fingerprint density at radius 1 is 1.23 bits per heavy atom. The van der Waals surface area contributed by atoms with Crippen LogP contribution in [0.3, 0.4) is 0 Å². The molecule has 3 rings (SSSR count). The summed E-state index contributed by atoms with van der Waals surface area (Å²) in [6.45, 7) is 4.57. The van der Waals surface area contributed by atoms with Gasteiger partial charge in [-0.15, -0.1) is 0 Å². The smallest absolute Gasteiger partial charge is 0.243 e. The van der Waals surface area contributed by atoms with Crippen molar-refractivity contribution in [3.8, 4) is 5.75 Å². The summed E-state index contributed by atoms with van der Waals surface area (Å²) in [6.07, 6.45) is 14.7. The van der Waals surface area contributed by atoms with Gasteiger partial charge in [-0.2, -0.15) is 0 Å². The summed E-state index contributed by atoms with van der Waals surface area (Å²) in [5, 5.41) is 5.39. The molecule has 5 nitrogen and oxygen atoms in total. The Kier molecular flexibility index (Phi) is 8.71. The van der Waals surface area contributed by atoms with Gasteiger partial charge in [0.2, 0.25) is 5.91 Å². The van der Waals surface area contributed by atoms with E-state index in [1.54, 1.807) is 13.2 Å². The van der Waals surface area contributed by atoms with Gasteiger partial charge in [-0.05, 0) is 71.9 Å². The lowest BCUT2D eigenvalue weighted by Gasteiger charge is -2.19. The molecule has 31 heavy (non-hydrogen) atoms. The SMILES string of the molecule is CCCCc1c(C=CC(=O)NCCCCN2C=CC=NC2)ccc2cc(OC)ccc12. The van der Waals surface area contributed by atoms with E-state index in [-0.39, 0.29) is 5.91 Å². The van der Waals surface area contributed by atoms with Crippen LogP contribution in [0.15, 0.2) is 53.7 Å². The van der Waals surface area contributed by atoms with Gasteiger partial charge in [-0.1, -0.05) is 31.5 Å². The second kappa shape index (κ2) is 11.9. The van der Waals surface area contributed by atoms with Crippen LogP contribution in [0.4, 0.5) is 0 Å². The van der Waals surface area contributed by atoms with Gasteiger partial charge >= 0.3 is 0 Å². The fraction of sp³-hybridized carbons (Fsp3) is 0.385. The third-order valence-corrected chi connectivity index (χ3v) is 5.49. The Morgan fingerprint density at radius 3 is 2.90 bits per heavy atom.